The van der Waals surface area contributed by atoms with Crippen LogP contribution in [0.5, 0.6) is 0 Å². The van der Waals surface area contributed by atoms with Crippen LogP contribution in [-0.4, -0.2) is 28.6 Å². The van der Waals surface area contributed by atoms with Crippen LogP contribution in [-0.2, 0) is 6.54 Å². The highest BCUT2D eigenvalue weighted by atomic mass is 15.2. The summed E-state index contributed by atoms with van der Waals surface area (Å²) in [6, 6.07) is 6.25. The van der Waals surface area contributed by atoms with Crippen molar-refractivity contribution in [3.05, 3.63) is 24.5 Å². The minimum atomic E-state index is 0.618. The summed E-state index contributed by atoms with van der Waals surface area (Å²) in [5, 5.41) is 6.47. The molecule has 5 nitrogen and oxygen atoms in total. The van der Waals surface area contributed by atoms with E-state index in [-0.39, 0.29) is 0 Å². The monoisotopic (exact) mass is 257 g/mol. The summed E-state index contributed by atoms with van der Waals surface area (Å²) < 4.78 is 2.20. The highest BCUT2D eigenvalue weighted by Crippen LogP contribution is 2.19. The van der Waals surface area contributed by atoms with Crippen LogP contribution in [0.15, 0.2) is 29.5 Å². The van der Waals surface area contributed by atoms with Crippen LogP contribution in [0.4, 0.5) is 5.69 Å². The SMILES string of the molecule is CC(C)Cn1cnc2cc(NC3=NCCN3)ccc21. The fourth-order valence-corrected chi connectivity index (χ4v) is 2.30. The van der Waals surface area contributed by atoms with E-state index in [4.69, 9.17) is 0 Å². The van der Waals surface area contributed by atoms with Gasteiger partial charge in [0.05, 0.1) is 23.9 Å². The minimum Gasteiger partial charge on any atom is -0.354 e. The molecule has 0 amide bonds. The molecule has 1 aliphatic rings. The molecule has 0 saturated carbocycles. The Morgan fingerprint density at radius 2 is 2.32 bits per heavy atom. The summed E-state index contributed by atoms with van der Waals surface area (Å²) in [4.78, 5) is 8.79. The zero-order valence-corrected chi connectivity index (χ0v) is 11.3. The van der Waals surface area contributed by atoms with Gasteiger partial charge in [-0.3, -0.25) is 4.99 Å². The van der Waals surface area contributed by atoms with Crippen LogP contribution < -0.4 is 10.6 Å². The smallest absolute Gasteiger partial charge is 0.195 e. The molecule has 3 rings (SSSR count). The summed E-state index contributed by atoms with van der Waals surface area (Å²) in [7, 11) is 0. The van der Waals surface area contributed by atoms with Gasteiger partial charge in [-0.2, -0.15) is 0 Å². The Morgan fingerprint density at radius 3 is 3.05 bits per heavy atom. The lowest BCUT2D eigenvalue weighted by atomic mass is 10.2. The Balaban J connectivity index is 1.85. The van der Waals surface area contributed by atoms with Gasteiger partial charge in [-0.05, 0) is 24.1 Å². The molecule has 0 bridgehead atoms. The molecule has 0 atom stereocenters. The van der Waals surface area contributed by atoms with E-state index in [9.17, 15) is 0 Å². The average Bonchev–Trinajstić information content (AvgIpc) is 2.99. The van der Waals surface area contributed by atoms with Crippen LogP contribution in [0.1, 0.15) is 13.8 Å². The Morgan fingerprint density at radius 1 is 1.42 bits per heavy atom. The lowest BCUT2D eigenvalue weighted by molar-refractivity contribution is 0.533. The van der Waals surface area contributed by atoms with Gasteiger partial charge >= 0.3 is 0 Å². The summed E-state index contributed by atoms with van der Waals surface area (Å²) in [5.74, 6) is 1.47. The number of nitrogens with one attached hydrogen (secondary N) is 2. The molecule has 1 aromatic carbocycles. The molecule has 0 fully saturated rings. The molecule has 2 heterocycles. The molecule has 5 heteroatoms. The van der Waals surface area contributed by atoms with E-state index < -0.39 is 0 Å². The van der Waals surface area contributed by atoms with E-state index >= 15 is 0 Å². The second kappa shape index (κ2) is 4.91. The van der Waals surface area contributed by atoms with Gasteiger partial charge in [-0.25, -0.2) is 4.98 Å². The van der Waals surface area contributed by atoms with Gasteiger partial charge in [0, 0.05) is 18.8 Å². The van der Waals surface area contributed by atoms with Crippen LogP contribution in [0.25, 0.3) is 11.0 Å². The normalized spacial score (nSPS) is 14.8. The quantitative estimate of drug-likeness (QED) is 0.885. The maximum atomic E-state index is 4.47. The number of fused-ring (bicyclic) bond motifs is 1. The number of imidazole rings is 1. The van der Waals surface area contributed by atoms with Crippen molar-refractivity contribution >= 4 is 22.7 Å². The number of anilines is 1. The van der Waals surface area contributed by atoms with Gasteiger partial charge in [-0.1, -0.05) is 13.8 Å². The second-order valence-electron chi connectivity index (χ2n) is 5.28. The van der Waals surface area contributed by atoms with Crippen LogP contribution >= 0.6 is 0 Å². The molecule has 1 aliphatic heterocycles. The first-order valence-electron chi connectivity index (χ1n) is 6.72. The van der Waals surface area contributed by atoms with E-state index in [1.165, 1.54) is 5.52 Å². The molecular weight excluding hydrogens is 238 g/mol. The largest absolute Gasteiger partial charge is 0.354 e. The van der Waals surface area contributed by atoms with Crippen molar-refractivity contribution in [2.24, 2.45) is 10.9 Å². The summed E-state index contributed by atoms with van der Waals surface area (Å²) in [6.07, 6.45) is 1.92. The molecule has 0 aliphatic carbocycles. The fraction of sp³-hybridized carbons (Fsp3) is 0.429. The van der Waals surface area contributed by atoms with Crippen molar-refractivity contribution in [1.82, 2.24) is 14.9 Å². The first-order chi connectivity index (χ1) is 9.22. The van der Waals surface area contributed by atoms with Crippen LogP contribution in [0.2, 0.25) is 0 Å². The molecule has 0 spiro atoms. The number of guanidine groups is 1. The van der Waals surface area contributed by atoms with E-state index in [0.717, 1.165) is 36.8 Å². The molecule has 2 aromatic rings. The molecule has 0 radical (unpaired) electrons. The number of hydrogen-bond acceptors (Lipinski definition) is 4. The second-order valence-corrected chi connectivity index (χ2v) is 5.28. The molecule has 1 aromatic heterocycles. The van der Waals surface area contributed by atoms with E-state index in [0.29, 0.717) is 5.92 Å². The average molecular weight is 257 g/mol. The fourth-order valence-electron chi connectivity index (χ4n) is 2.30. The molecule has 2 N–H and O–H groups in total. The summed E-state index contributed by atoms with van der Waals surface area (Å²) >= 11 is 0. The van der Waals surface area contributed by atoms with Gasteiger partial charge in [0.25, 0.3) is 0 Å². The van der Waals surface area contributed by atoms with Crippen LogP contribution in [0.3, 0.4) is 0 Å². The topological polar surface area (TPSA) is 54.2 Å². The first kappa shape index (κ1) is 12.0. The molecule has 0 saturated heterocycles. The Hall–Kier alpha value is -2.04. The molecule has 0 unspecified atom stereocenters. The number of aromatic nitrogens is 2. The highest BCUT2D eigenvalue weighted by Gasteiger charge is 2.08. The lowest BCUT2D eigenvalue weighted by Gasteiger charge is -2.08. The summed E-state index contributed by atoms with van der Waals surface area (Å²) in [5.41, 5.74) is 3.22. The third-order valence-electron chi connectivity index (χ3n) is 3.12. The Labute approximate surface area is 112 Å². The van der Waals surface area contributed by atoms with Gasteiger partial charge in [0.1, 0.15) is 0 Å². The Kier molecular flexibility index (Phi) is 3.11. The zero-order valence-electron chi connectivity index (χ0n) is 11.3. The van der Waals surface area contributed by atoms with Crippen LogP contribution in [0, 0.1) is 5.92 Å². The zero-order chi connectivity index (χ0) is 13.2. The third-order valence-corrected chi connectivity index (χ3v) is 3.12. The number of rotatable bonds is 3. The summed E-state index contributed by atoms with van der Waals surface area (Å²) in [6.45, 7) is 7.18. The van der Waals surface area contributed by atoms with Crippen molar-refractivity contribution < 1.29 is 0 Å². The van der Waals surface area contributed by atoms with Crippen molar-refractivity contribution in [3.63, 3.8) is 0 Å². The predicted molar refractivity (Wildman–Crippen MR) is 78.5 cm³/mol. The van der Waals surface area contributed by atoms with Crippen molar-refractivity contribution in [3.8, 4) is 0 Å². The maximum absolute atomic E-state index is 4.47. The van der Waals surface area contributed by atoms with E-state index in [2.05, 4.69) is 57.2 Å². The first-order valence-corrected chi connectivity index (χ1v) is 6.72. The van der Waals surface area contributed by atoms with Crippen molar-refractivity contribution in [2.45, 2.75) is 20.4 Å². The van der Waals surface area contributed by atoms with Gasteiger partial charge in [-0.15, -0.1) is 0 Å². The highest BCUT2D eigenvalue weighted by molar-refractivity contribution is 5.96. The number of aliphatic imine (C=N–C) groups is 1. The maximum Gasteiger partial charge on any atom is 0.195 e. The molecular formula is C14H19N5. The molecule has 100 valence electrons. The van der Waals surface area contributed by atoms with Crippen molar-refractivity contribution in [2.75, 3.05) is 18.4 Å². The minimum absolute atomic E-state index is 0.618. The predicted octanol–water partition coefficient (Wildman–Crippen LogP) is 2.06. The Bertz CT molecular complexity index is 611. The van der Waals surface area contributed by atoms with E-state index in [1.807, 2.05) is 6.33 Å². The molecule has 19 heavy (non-hydrogen) atoms. The van der Waals surface area contributed by atoms with Gasteiger partial charge in [0.2, 0.25) is 0 Å². The third kappa shape index (κ3) is 2.54. The standard InChI is InChI=1S/C14H19N5/c1-10(2)8-19-9-17-12-7-11(3-4-13(12)19)18-14-15-5-6-16-14/h3-4,7,9-10H,5-6,8H2,1-2H3,(H2,15,16,18). The van der Waals surface area contributed by atoms with Gasteiger partial charge < -0.3 is 15.2 Å². The lowest BCUT2D eigenvalue weighted by Crippen LogP contribution is -2.26. The number of hydrogen-bond donors (Lipinski definition) is 2. The number of nitrogens with zero attached hydrogens (tertiary/aromatic N) is 3. The van der Waals surface area contributed by atoms with E-state index in [1.54, 1.807) is 0 Å². The van der Waals surface area contributed by atoms with Gasteiger partial charge in [0.15, 0.2) is 5.96 Å². The number of benzene rings is 1. The van der Waals surface area contributed by atoms with Crippen molar-refractivity contribution in [1.29, 1.82) is 0 Å².